The quantitative estimate of drug-likeness (QED) is 0.688. The molecule has 2 heteroatoms. The van der Waals surface area contributed by atoms with Gasteiger partial charge in [0, 0.05) is 6.42 Å². The Labute approximate surface area is 104 Å². The van der Waals surface area contributed by atoms with E-state index in [1.807, 2.05) is 0 Å². The lowest BCUT2D eigenvalue weighted by atomic mass is 10.0. The molecule has 0 spiro atoms. The summed E-state index contributed by atoms with van der Waals surface area (Å²) in [6.45, 7) is 7.12. The maximum absolute atomic E-state index is 8.45. The molecule has 0 atom stereocenters. The average Bonchev–Trinajstić information content (AvgIpc) is 2.28. The molecule has 92 valence electrons. The van der Waals surface area contributed by atoms with Crippen molar-refractivity contribution >= 4 is 0 Å². The second-order valence-electron chi connectivity index (χ2n) is 4.66. The van der Waals surface area contributed by atoms with Crippen LogP contribution in [0.5, 0.6) is 5.75 Å². The van der Waals surface area contributed by atoms with Gasteiger partial charge < -0.3 is 4.74 Å². The van der Waals surface area contributed by atoms with E-state index >= 15 is 0 Å². The molecule has 0 aliphatic heterocycles. The van der Waals surface area contributed by atoms with Gasteiger partial charge in [-0.15, -0.1) is 0 Å². The van der Waals surface area contributed by atoms with E-state index in [-0.39, 0.29) is 0 Å². The number of unbranched alkanes of at least 4 members (excludes halogenated alkanes) is 2. The van der Waals surface area contributed by atoms with E-state index in [0.29, 0.717) is 18.9 Å². The zero-order valence-electron chi connectivity index (χ0n) is 11.0. The van der Waals surface area contributed by atoms with Crippen LogP contribution in [0.25, 0.3) is 0 Å². The van der Waals surface area contributed by atoms with Gasteiger partial charge in [-0.05, 0) is 42.9 Å². The Morgan fingerprint density at radius 3 is 2.71 bits per heavy atom. The maximum atomic E-state index is 8.45. The predicted octanol–water partition coefficient (Wildman–Crippen LogP) is 4.19. The van der Waals surface area contributed by atoms with Gasteiger partial charge in [0.1, 0.15) is 5.75 Å². The molecule has 0 N–H and O–H groups in total. The molecule has 0 bridgehead atoms. The van der Waals surface area contributed by atoms with E-state index in [2.05, 4.69) is 45.0 Å². The highest BCUT2D eigenvalue weighted by Gasteiger charge is 2.07. The van der Waals surface area contributed by atoms with Crippen molar-refractivity contribution in [3.63, 3.8) is 0 Å². The highest BCUT2D eigenvalue weighted by atomic mass is 16.5. The lowest BCUT2D eigenvalue weighted by Gasteiger charge is -2.14. The van der Waals surface area contributed by atoms with Crippen molar-refractivity contribution < 1.29 is 4.74 Å². The van der Waals surface area contributed by atoms with Crippen molar-refractivity contribution in [1.29, 1.82) is 5.26 Å². The predicted molar refractivity (Wildman–Crippen MR) is 70.2 cm³/mol. The molecule has 0 aromatic heterocycles. The normalized spacial score (nSPS) is 10.3. The summed E-state index contributed by atoms with van der Waals surface area (Å²) in [5.41, 5.74) is 2.48. The number of nitriles is 1. The van der Waals surface area contributed by atoms with E-state index < -0.39 is 0 Å². The third-order valence-corrected chi connectivity index (χ3v) is 2.73. The molecule has 0 aliphatic rings. The topological polar surface area (TPSA) is 33.0 Å². The molecule has 1 rings (SSSR count). The molecule has 0 amide bonds. The van der Waals surface area contributed by atoms with Gasteiger partial charge >= 0.3 is 0 Å². The summed E-state index contributed by atoms with van der Waals surface area (Å²) in [4.78, 5) is 0. The molecule has 1 aromatic rings. The van der Waals surface area contributed by atoms with E-state index in [0.717, 1.165) is 18.6 Å². The molecule has 0 heterocycles. The highest BCUT2D eigenvalue weighted by molar-refractivity contribution is 5.39. The summed E-state index contributed by atoms with van der Waals surface area (Å²) in [7, 11) is 0. The standard InChI is InChI=1S/C15H21NO/c1-12(2)14-8-7-13(3)11-15(14)17-10-6-4-5-9-16/h7-8,11-12H,4-6,10H2,1-3H3. The number of nitrogens with zero attached hydrogens (tertiary/aromatic N) is 1. The Balaban J connectivity index is 2.57. The fourth-order valence-corrected chi connectivity index (χ4v) is 1.73. The van der Waals surface area contributed by atoms with Crippen molar-refractivity contribution in [2.45, 2.75) is 46.0 Å². The average molecular weight is 231 g/mol. The molecule has 1 aromatic carbocycles. The van der Waals surface area contributed by atoms with Gasteiger partial charge in [-0.25, -0.2) is 0 Å². The minimum atomic E-state index is 0.477. The molecule has 17 heavy (non-hydrogen) atoms. The van der Waals surface area contributed by atoms with Crippen LogP contribution in [-0.4, -0.2) is 6.61 Å². The van der Waals surface area contributed by atoms with E-state index in [9.17, 15) is 0 Å². The summed E-state index contributed by atoms with van der Waals surface area (Å²) in [5, 5.41) is 8.45. The first-order valence-corrected chi connectivity index (χ1v) is 6.25. The second-order valence-corrected chi connectivity index (χ2v) is 4.66. The largest absolute Gasteiger partial charge is 0.493 e. The molecule has 0 radical (unpaired) electrons. The summed E-state index contributed by atoms with van der Waals surface area (Å²) >= 11 is 0. The van der Waals surface area contributed by atoms with Gasteiger partial charge in [-0.1, -0.05) is 26.0 Å². The monoisotopic (exact) mass is 231 g/mol. The molecular formula is C15H21NO. The van der Waals surface area contributed by atoms with Crippen molar-refractivity contribution in [1.82, 2.24) is 0 Å². The summed E-state index contributed by atoms with van der Waals surface area (Å²) in [5.74, 6) is 1.47. The minimum absolute atomic E-state index is 0.477. The Bertz CT molecular complexity index is 390. The van der Waals surface area contributed by atoms with Crippen LogP contribution in [0.2, 0.25) is 0 Å². The number of hydrogen-bond acceptors (Lipinski definition) is 2. The van der Waals surface area contributed by atoms with Crippen LogP contribution in [0.3, 0.4) is 0 Å². The molecule has 2 nitrogen and oxygen atoms in total. The fraction of sp³-hybridized carbons (Fsp3) is 0.533. The van der Waals surface area contributed by atoms with Crippen molar-refractivity contribution in [3.8, 4) is 11.8 Å². The van der Waals surface area contributed by atoms with Gasteiger partial charge in [0.25, 0.3) is 0 Å². The van der Waals surface area contributed by atoms with Gasteiger partial charge in [0.2, 0.25) is 0 Å². The summed E-state index contributed by atoms with van der Waals surface area (Å²) in [6.07, 6.45) is 2.48. The van der Waals surface area contributed by atoms with E-state index in [1.54, 1.807) is 0 Å². The van der Waals surface area contributed by atoms with E-state index in [4.69, 9.17) is 10.00 Å². The number of rotatable bonds is 6. The number of ether oxygens (including phenoxy) is 1. The highest BCUT2D eigenvalue weighted by Crippen LogP contribution is 2.27. The van der Waals surface area contributed by atoms with E-state index in [1.165, 1.54) is 11.1 Å². The molecule has 0 fully saturated rings. The number of benzene rings is 1. The molecule has 0 saturated carbocycles. The first-order chi connectivity index (χ1) is 8.15. The van der Waals surface area contributed by atoms with Crippen molar-refractivity contribution in [3.05, 3.63) is 29.3 Å². The van der Waals surface area contributed by atoms with Crippen LogP contribution in [-0.2, 0) is 0 Å². The molecule has 0 saturated heterocycles. The van der Waals surface area contributed by atoms with Gasteiger partial charge in [-0.2, -0.15) is 5.26 Å². The summed E-state index contributed by atoms with van der Waals surface area (Å²) < 4.78 is 5.82. The third-order valence-electron chi connectivity index (χ3n) is 2.73. The van der Waals surface area contributed by atoms with Crippen LogP contribution in [0.4, 0.5) is 0 Å². The Morgan fingerprint density at radius 2 is 2.06 bits per heavy atom. The number of hydrogen-bond donors (Lipinski definition) is 0. The molecular weight excluding hydrogens is 210 g/mol. The van der Waals surface area contributed by atoms with Crippen molar-refractivity contribution in [2.24, 2.45) is 0 Å². The maximum Gasteiger partial charge on any atom is 0.122 e. The minimum Gasteiger partial charge on any atom is -0.493 e. The van der Waals surface area contributed by atoms with Crippen LogP contribution < -0.4 is 4.74 Å². The Morgan fingerprint density at radius 1 is 1.29 bits per heavy atom. The second kappa shape index (κ2) is 6.96. The van der Waals surface area contributed by atoms with Gasteiger partial charge in [0.05, 0.1) is 12.7 Å². The Hall–Kier alpha value is -1.49. The van der Waals surface area contributed by atoms with Crippen LogP contribution >= 0.6 is 0 Å². The first kappa shape index (κ1) is 13.6. The van der Waals surface area contributed by atoms with Crippen LogP contribution in [0, 0.1) is 18.3 Å². The zero-order valence-corrected chi connectivity index (χ0v) is 11.0. The first-order valence-electron chi connectivity index (χ1n) is 6.25. The Kier molecular flexibility index (Phi) is 5.56. The van der Waals surface area contributed by atoms with Gasteiger partial charge in [0.15, 0.2) is 0 Å². The zero-order chi connectivity index (χ0) is 12.7. The summed E-state index contributed by atoms with van der Waals surface area (Å²) in [6, 6.07) is 8.51. The lowest BCUT2D eigenvalue weighted by molar-refractivity contribution is 0.303. The smallest absolute Gasteiger partial charge is 0.122 e. The lowest BCUT2D eigenvalue weighted by Crippen LogP contribution is -2.01. The third kappa shape index (κ3) is 4.48. The van der Waals surface area contributed by atoms with Crippen LogP contribution in [0.1, 0.15) is 50.2 Å². The van der Waals surface area contributed by atoms with Crippen molar-refractivity contribution in [2.75, 3.05) is 6.61 Å². The SMILES string of the molecule is Cc1ccc(C(C)C)c(OCCCCC#N)c1. The molecule has 0 unspecified atom stereocenters. The van der Waals surface area contributed by atoms with Crippen LogP contribution in [0.15, 0.2) is 18.2 Å². The fourth-order valence-electron chi connectivity index (χ4n) is 1.73. The number of aryl methyl sites for hydroxylation is 1. The molecule has 0 aliphatic carbocycles. The van der Waals surface area contributed by atoms with Gasteiger partial charge in [-0.3, -0.25) is 0 Å².